The van der Waals surface area contributed by atoms with Crippen LogP contribution in [0.2, 0.25) is 5.82 Å². The third-order valence-electron chi connectivity index (χ3n) is 6.39. The minimum absolute atomic E-state index is 0.385. The van der Waals surface area contributed by atoms with Crippen LogP contribution in [0, 0.1) is 41.4 Å². The molecule has 8 atom stereocenters. The van der Waals surface area contributed by atoms with Crippen molar-refractivity contribution in [3.63, 3.8) is 0 Å². The Morgan fingerprint density at radius 1 is 0.944 bits per heavy atom. The molecular formula is C17H31B. The third kappa shape index (κ3) is 2.65. The molecule has 0 N–H and O–H groups in total. The smallest absolute Gasteiger partial charge is 0.0699 e. The molecule has 2 saturated carbocycles. The Morgan fingerprint density at radius 3 is 2.06 bits per heavy atom. The minimum atomic E-state index is 0.385. The Bertz CT molecular complexity index is 268. The minimum Gasteiger partial charge on any atom is -0.0769 e. The van der Waals surface area contributed by atoms with Gasteiger partial charge >= 0.3 is 0 Å². The highest BCUT2D eigenvalue weighted by Gasteiger charge is 2.44. The van der Waals surface area contributed by atoms with Crippen LogP contribution in [-0.2, 0) is 0 Å². The lowest BCUT2D eigenvalue weighted by Gasteiger charge is -2.51. The van der Waals surface area contributed by atoms with Gasteiger partial charge in [0, 0.05) is 0 Å². The first-order valence-corrected chi connectivity index (χ1v) is 8.17. The molecule has 2 rings (SSSR count). The second kappa shape index (κ2) is 5.59. The van der Waals surface area contributed by atoms with Crippen LogP contribution in [0.1, 0.15) is 60.3 Å². The van der Waals surface area contributed by atoms with Crippen LogP contribution in [0.5, 0.6) is 0 Å². The molecule has 0 saturated heterocycles. The second-order valence-electron chi connectivity index (χ2n) is 7.71. The van der Waals surface area contributed by atoms with E-state index < -0.39 is 0 Å². The first-order chi connectivity index (χ1) is 8.41. The van der Waals surface area contributed by atoms with Crippen LogP contribution in [0.15, 0.2) is 0 Å². The molecule has 0 aromatic rings. The van der Waals surface area contributed by atoms with Crippen molar-refractivity contribution in [3.8, 4) is 0 Å². The van der Waals surface area contributed by atoms with Crippen LogP contribution >= 0.6 is 0 Å². The van der Waals surface area contributed by atoms with Crippen molar-refractivity contribution in [3.05, 3.63) is 0 Å². The summed E-state index contributed by atoms with van der Waals surface area (Å²) in [6.07, 6.45) is 5.81. The van der Waals surface area contributed by atoms with E-state index in [2.05, 4.69) is 34.6 Å². The Balaban J connectivity index is 1.93. The molecule has 0 nitrogen and oxygen atoms in total. The molecule has 2 aliphatic rings. The lowest BCUT2D eigenvalue weighted by Crippen LogP contribution is -2.43. The zero-order valence-corrected chi connectivity index (χ0v) is 13.0. The van der Waals surface area contributed by atoms with Gasteiger partial charge in [0.2, 0.25) is 0 Å². The van der Waals surface area contributed by atoms with Crippen LogP contribution in [0.25, 0.3) is 0 Å². The molecule has 0 aromatic carbocycles. The number of rotatable bonds is 4. The number of hydrogen-bond donors (Lipinski definition) is 0. The SMILES string of the molecule is [B]C(C)C1C(C)CC1C(C)C(C)C1CCC(C)C1. The lowest BCUT2D eigenvalue weighted by molar-refractivity contribution is 0.00633. The van der Waals surface area contributed by atoms with Crippen LogP contribution in [0.4, 0.5) is 0 Å². The Labute approximate surface area is 116 Å². The predicted molar refractivity (Wildman–Crippen MR) is 80.8 cm³/mol. The topological polar surface area (TPSA) is 0 Å². The molecule has 18 heavy (non-hydrogen) atoms. The van der Waals surface area contributed by atoms with Gasteiger partial charge < -0.3 is 0 Å². The van der Waals surface area contributed by atoms with E-state index in [0.29, 0.717) is 5.82 Å². The summed E-state index contributed by atoms with van der Waals surface area (Å²) in [6.45, 7) is 12.0. The average molecular weight is 246 g/mol. The lowest BCUT2D eigenvalue weighted by atomic mass is 9.51. The van der Waals surface area contributed by atoms with E-state index in [4.69, 9.17) is 7.85 Å². The summed E-state index contributed by atoms with van der Waals surface area (Å²) in [5.41, 5.74) is 0. The van der Waals surface area contributed by atoms with Gasteiger partial charge in [-0.15, -0.1) is 0 Å². The largest absolute Gasteiger partial charge is 0.0769 e. The van der Waals surface area contributed by atoms with E-state index in [1.165, 1.54) is 25.7 Å². The predicted octanol–water partition coefficient (Wildman–Crippen LogP) is 4.94. The van der Waals surface area contributed by atoms with Gasteiger partial charge in [-0.05, 0) is 60.7 Å². The summed E-state index contributed by atoms with van der Waals surface area (Å²) in [4.78, 5) is 0. The average Bonchev–Trinajstić information content (AvgIpc) is 2.69. The molecule has 0 spiro atoms. The van der Waals surface area contributed by atoms with E-state index in [-0.39, 0.29) is 0 Å². The van der Waals surface area contributed by atoms with Crippen molar-refractivity contribution in [2.24, 2.45) is 41.4 Å². The summed E-state index contributed by atoms with van der Waals surface area (Å²) in [6, 6.07) is 0. The molecule has 1 heteroatoms. The Morgan fingerprint density at radius 2 is 1.61 bits per heavy atom. The summed E-state index contributed by atoms with van der Waals surface area (Å²) in [7, 11) is 6.19. The van der Waals surface area contributed by atoms with Crippen molar-refractivity contribution in [1.29, 1.82) is 0 Å². The van der Waals surface area contributed by atoms with Gasteiger partial charge in [-0.25, -0.2) is 0 Å². The van der Waals surface area contributed by atoms with Crippen molar-refractivity contribution < 1.29 is 0 Å². The van der Waals surface area contributed by atoms with Crippen molar-refractivity contribution >= 4 is 7.85 Å². The van der Waals surface area contributed by atoms with Crippen LogP contribution < -0.4 is 0 Å². The van der Waals surface area contributed by atoms with Gasteiger partial charge in [0.15, 0.2) is 0 Å². The molecular weight excluding hydrogens is 215 g/mol. The highest BCUT2D eigenvalue weighted by atomic mass is 14.5. The molecule has 2 aliphatic carbocycles. The zero-order chi connectivity index (χ0) is 13.4. The van der Waals surface area contributed by atoms with Crippen LogP contribution in [0.3, 0.4) is 0 Å². The fourth-order valence-corrected chi connectivity index (χ4v) is 4.99. The molecule has 0 aromatic heterocycles. The molecule has 0 heterocycles. The van der Waals surface area contributed by atoms with Gasteiger partial charge in [-0.3, -0.25) is 0 Å². The molecule has 0 bridgehead atoms. The standard InChI is InChI=1S/C17H31B/c1-10-6-7-15(8-10)12(3)13(4)16-9-11(2)17(16)14(5)18/h10-17H,6-9H2,1-5H3. The first-order valence-electron chi connectivity index (χ1n) is 8.17. The maximum absolute atomic E-state index is 6.19. The molecule has 2 radical (unpaired) electrons. The van der Waals surface area contributed by atoms with E-state index in [9.17, 15) is 0 Å². The van der Waals surface area contributed by atoms with E-state index in [0.717, 1.165) is 41.4 Å². The molecule has 2 fully saturated rings. The van der Waals surface area contributed by atoms with Gasteiger partial charge in [0.1, 0.15) is 0 Å². The zero-order valence-electron chi connectivity index (χ0n) is 13.0. The Hall–Kier alpha value is 0.0649. The molecule has 0 amide bonds. The highest BCUT2D eigenvalue weighted by Crippen LogP contribution is 2.53. The maximum atomic E-state index is 6.19. The third-order valence-corrected chi connectivity index (χ3v) is 6.39. The van der Waals surface area contributed by atoms with E-state index in [1.807, 2.05) is 0 Å². The van der Waals surface area contributed by atoms with Crippen molar-refractivity contribution in [1.82, 2.24) is 0 Å². The first kappa shape index (κ1) is 14.5. The summed E-state index contributed by atoms with van der Waals surface area (Å²) < 4.78 is 0. The van der Waals surface area contributed by atoms with E-state index >= 15 is 0 Å². The molecule has 0 aliphatic heterocycles. The fraction of sp³-hybridized carbons (Fsp3) is 1.00. The van der Waals surface area contributed by atoms with Gasteiger partial charge in [0.05, 0.1) is 7.85 Å². The summed E-state index contributed by atoms with van der Waals surface area (Å²) >= 11 is 0. The highest BCUT2D eigenvalue weighted by molar-refractivity contribution is 6.11. The van der Waals surface area contributed by atoms with Gasteiger partial charge in [-0.2, -0.15) is 0 Å². The molecule has 102 valence electrons. The van der Waals surface area contributed by atoms with Crippen molar-refractivity contribution in [2.45, 2.75) is 66.1 Å². The normalized spacial score (nSPS) is 45.3. The van der Waals surface area contributed by atoms with Crippen molar-refractivity contribution in [2.75, 3.05) is 0 Å². The van der Waals surface area contributed by atoms with E-state index in [1.54, 1.807) is 0 Å². The summed E-state index contributed by atoms with van der Waals surface area (Å²) in [5, 5.41) is 0. The maximum Gasteiger partial charge on any atom is 0.0699 e. The Kier molecular flexibility index (Phi) is 4.50. The summed E-state index contributed by atoms with van der Waals surface area (Å²) in [5.74, 6) is 6.63. The van der Waals surface area contributed by atoms with Gasteiger partial charge in [-0.1, -0.05) is 46.9 Å². The molecule has 8 unspecified atom stereocenters. The second-order valence-corrected chi connectivity index (χ2v) is 7.71. The number of hydrogen-bond acceptors (Lipinski definition) is 0. The van der Waals surface area contributed by atoms with Crippen LogP contribution in [-0.4, -0.2) is 7.85 Å². The quantitative estimate of drug-likeness (QED) is 0.616. The fourth-order valence-electron chi connectivity index (χ4n) is 4.99. The van der Waals surface area contributed by atoms with Gasteiger partial charge in [0.25, 0.3) is 0 Å². The monoisotopic (exact) mass is 246 g/mol.